The fraction of sp³-hybridized carbons (Fsp3) is 0.364. The van der Waals surface area contributed by atoms with Crippen LogP contribution in [-0.4, -0.2) is 46.0 Å². The van der Waals surface area contributed by atoms with Crippen molar-refractivity contribution in [3.63, 3.8) is 0 Å². The van der Waals surface area contributed by atoms with Gasteiger partial charge in [-0.25, -0.2) is 8.42 Å². The van der Waals surface area contributed by atoms with Gasteiger partial charge >= 0.3 is 0 Å². The molecule has 6 heteroatoms. The quantitative estimate of drug-likeness (QED) is 0.791. The van der Waals surface area contributed by atoms with Crippen LogP contribution in [0.3, 0.4) is 0 Å². The minimum absolute atomic E-state index is 0.0489. The summed E-state index contributed by atoms with van der Waals surface area (Å²) in [7, 11) is 0.290. The Morgan fingerprint density at radius 3 is 2.53 bits per heavy atom. The molecule has 0 saturated carbocycles. The molecule has 0 bridgehead atoms. The van der Waals surface area contributed by atoms with Gasteiger partial charge in [-0.05, 0) is 26.2 Å². The van der Waals surface area contributed by atoms with Gasteiger partial charge in [-0.3, -0.25) is 9.52 Å². The second kappa shape index (κ2) is 5.29. The second-order valence-corrected chi connectivity index (χ2v) is 5.86. The van der Waals surface area contributed by atoms with E-state index in [0.29, 0.717) is 17.8 Å². The Bertz CT molecular complexity index is 509. The lowest BCUT2D eigenvalue weighted by Crippen LogP contribution is -2.21. The van der Waals surface area contributed by atoms with Crippen LogP contribution in [0.25, 0.3) is 0 Å². The summed E-state index contributed by atoms with van der Waals surface area (Å²) < 4.78 is 24.4. The molecule has 0 spiro atoms. The summed E-state index contributed by atoms with van der Waals surface area (Å²) in [5, 5.41) is 0. The van der Waals surface area contributed by atoms with E-state index in [9.17, 15) is 13.2 Å². The third-order valence-electron chi connectivity index (χ3n) is 1.95. The van der Waals surface area contributed by atoms with E-state index in [4.69, 9.17) is 0 Å². The number of carbonyl (C=O) groups is 1. The molecule has 0 amide bonds. The third-order valence-corrected chi connectivity index (χ3v) is 2.55. The number of anilines is 1. The first kappa shape index (κ1) is 13.7. The number of sulfonamides is 1. The lowest BCUT2D eigenvalue weighted by molar-refractivity contribution is 0.0958. The van der Waals surface area contributed by atoms with Gasteiger partial charge in [0.25, 0.3) is 0 Å². The van der Waals surface area contributed by atoms with Gasteiger partial charge in [0.05, 0.1) is 12.8 Å². The Morgan fingerprint density at radius 1 is 1.35 bits per heavy atom. The molecule has 0 heterocycles. The van der Waals surface area contributed by atoms with Gasteiger partial charge < -0.3 is 4.90 Å². The zero-order valence-corrected chi connectivity index (χ0v) is 10.9. The highest BCUT2D eigenvalue weighted by atomic mass is 32.2. The molecule has 0 aliphatic heterocycles. The summed E-state index contributed by atoms with van der Waals surface area (Å²) in [6.45, 7) is 0.294. The molecule has 5 nitrogen and oxygen atoms in total. The van der Waals surface area contributed by atoms with Crippen molar-refractivity contribution in [2.45, 2.75) is 0 Å². The van der Waals surface area contributed by atoms with E-state index in [1.165, 1.54) is 6.07 Å². The van der Waals surface area contributed by atoms with Crippen molar-refractivity contribution in [3.05, 3.63) is 29.8 Å². The molecule has 1 aromatic carbocycles. The van der Waals surface area contributed by atoms with E-state index in [0.717, 1.165) is 6.26 Å². The molecule has 0 aliphatic carbocycles. The minimum Gasteiger partial charge on any atom is -0.302 e. The number of benzene rings is 1. The summed E-state index contributed by atoms with van der Waals surface area (Å²) in [6, 6.07) is 6.45. The number of nitrogens with zero attached hydrogens (tertiary/aromatic N) is 1. The van der Waals surface area contributed by atoms with Crippen molar-refractivity contribution in [1.29, 1.82) is 0 Å². The highest BCUT2D eigenvalue weighted by molar-refractivity contribution is 7.92. The number of likely N-dealkylation sites (N-methyl/N-ethyl adjacent to an activating group) is 1. The van der Waals surface area contributed by atoms with Gasteiger partial charge in [-0.1, -0.05) is 12.1 Å². The number of ketones is 1. The van der Waals surface area contributed by atoms with Gasteiger partial charge in [-0.2, -0.15) is 0 Å². The van der Waals surface area contributed by atoms with Gasteiger partial charge in [0.15, 0.2) is 5.78 Å². The summed E-state index contributed by atoms with van der Waals surface area (Å²) in [4.78, 5) is 13.5. The molecule has 0 aliphatic rings. The van der Waals surface area contributed by atoms with Crippen molar-refractivity contribution >= 4 is 21.5 Å². The second-order valence-electron chi connectivity index (χ2n) is 4.12. The van der Waals surface area contributed by atoms with Crippen LogP contribution in [0.1, 0.15) is 10.4 Å². The van der Waals surface area contributed by atoms with Crippen LogP contribution in [0, 0.1) is 0 Å². The Morgan fingerprint density at radius 2 is 2.00 bits per heavy atom. The molecule has 0 aromatic heterocycles. The predicted molar refractivity (Wildman–Crippen MR) is 67.8 cm³/mol. The molecule has 94 valence electrons. The Hall–Kier alpha value is -1.40. The van der Waals surface area contributed by atoms with Crippen LogP contribution in [0.5, 0.6) is 0 Å². The Labute approximate surface area is 101 Å². The summed E-state index contributed by atoms with van der Waals surface area (Å²) in [6.07, 6.45) is 1.07. The molecular formula is C11H16N2O3S. The smallest absolute Gasteiger partial charge is 0.229 e. The number of Topliss-reactive ketones (excluding diaryl/α,β-unsaturated/α-hetero) is 1. The average molecular weight is 256 g/mol. The van der Waals surface area contributed by atoms with E-state index >= 15 is 0 Å². The standard InChI is InChI=1S/C11H16N2O3S/c1-13(2)8-11(14)9-5-4-6-10(7-9)12-17(3,15)16/h4-7,12H,8H2,1-3H3. The van der Waals surface area contributed by atoms with Crippen molar-refractivity contribution in [1.82, 2.24) is 4.90 Å². The minimum atomic E-state index is -3.31. The zero-order valence-electron chi connectivity index (χ0n) is 10.1. The summed E-state index contributed by atoms with van der Waals surface area (Å²) in [5.74, 6) is -0.0489. The van der Waals surface area contributed by atoms with Gasteiger partial charge in [0.2, 0.25) is 10.0 Å². The largest absolute Gasteiger partial charge is 0.302 e. The SMILES string of the molecule is CN(C)CC(=O)c1cccc(NS(C)(=O)=O)c1. The number of rotatable bonds is 5. The number of hydrogen-bond acceptors (Lipinski definition) is 4. The van der Waals surface area contributed by atoms with Crippen LogP contribution in [0.4, 0.5) is 5.69 Å². The van der Waals surface area contributed by atoms with Crippen molar-refractivity contribution in [2.24, 2.45) is 0 Å². The summed E-state index contributed by atoms with van der Waals surface area (Å²) in [5.41, 5.74) is 0.893. The monoisotopic (exact) mass is 256 g/mol. The highest BCUT2D eigenvalue weighted by Gasteiger charge is 2.09. The van der Waals surface area contributed by atoms with Crippen molar-refractivity contribution in [2.75, 3.05) is 31.6 Å². The van der Waals surface area contributed by atoms with Crippen molar-refractivity contribution < 1.29 is 13.2 Å². The number of carbonyl (C=O) groups excluding carboxylic acids is 1. The number of hydrogen-bond donors (Lipinski definition) is 1. The third kappa shape index (κ3) is 4.97. The first-order valence-electron chi connectivity index (χ1n) is 5.04. The van der Waals surface area contributed by atoms with Gasteiger partial charge in [0.1, 0.15) is 0 Å². The fourth-order valence-corrected chi connectivity index (χ4v) is 1.90. The first-order valence-corrected chi connectivity index (χ1v) is 6.93. The highest BCUT2D eigenvalue weighted by Crippen LogP contribution is 2.12. The van der Waals surface area contributed by atoms with Gasteiger partial charge in [-0.15, -0.1) is 0 Å². The Kier molecular flexibility index (Phi) is 4.25. The molecule has 0 saturated heterocycles. The fourth-order valence-electron chi connectivity index (χ4n) is 1.35. The van der Waals surface area contributed by atoms with Crippen LogP contribution in [0.15, 0.2) is 24.3 Å². The van der Waals surface area contributed by atoms with E-state index in [-0.39, 0.29) is 5.78 Å². The van der Waals surface area contributed by atoms with Crippen LogP contribution in [-0.2, 0) is 10.0 Å². The molecule has 0 atom stereocenters. The average Bonchev–Trinajstić information content (AvgIpc) is 2.14. The van der Waals surface area contributed by atoms with E-state index in [1.54, 1.807) is 37.2 Å². The number of nitrogens with one attached hydrogen (secondary N) is 1. The summed E-state index contributed by atoms with van der Waals surface area (Å²) >= 11 is 0. The maximum Gasteiger partial charge on any atom is 0.229 e. The normalized spacial score (nSPS) is 11.5. The Balaban J connectivity index is 2.90. The molecule has 1 rings (SSSR count). The topological polar surface area (TPSA) is 66.5 Å². The molecule has 1 aromatic rings. The van der Waals surface area contributed by atoms with Crippen LogP contribution in [0.2, 0.25) is 0 Å². The molecular weight excluding hydrogens is 240 g/mol. The molecule has 0 unspecified atom stereocenters. The molecule has 17 heavy (non-hydrogen) atoms. The molecule has 1 N–H and O–H groups in total. The van der Waals surface area contributed by atoms with E-state index < -0.39 is 10.0 Å². The van der Waals surface area contributed by atoms with E-state index in [1.807, 2.05) is 0 Å². The van der Waals surface area contributed by atoms with Crippen LogP contribution < -0.4 is 4.72 Å². The predicted octanol–water partition coefficient (Wildman–Crippen LogP) is 0.802. The van der Waals surface area contributed by atoms with Crippen molar-refractivity contribution in [3.8, 4) is 0 Å². The van der Waals surface area contributed by atoms with Gasteiger partial charge in [0, 0.05) is 11.3 Å². The molecule has 0 fully saturated rings. The first-order chi connectivity index (χ1) is 7.78. The zero-order chi connectivity index (χ0) is 13.1. The lowest BCUT2D eigenvalue weighted by Gasteiger charge is -2.09. The maximum absolute atomic E-state index is 11.8. The maximum atomic E-state index is 11.8. The lowest BCUT2D eigenvalue weighted by atomic mass is 10.1. The molecule has 0 radical (unpaired) electrons. The van der Waals surface area contributed by atoms with E-state index in [2.05, 4.69) is 4.72 Å². The van der Waals surface area contributed by atoms with Crippen LogP contribution >= 0.6 is 0 Å².